The number of rotatable bonds is 2. The van der Waals surface area contributed by atoms with E-state index in [0.29, 0.717) is 6.42 Å². The molecule has 0 saturated carbocycles. The van der Waals surface area contributed by atoms with E-state index in [4.69, 9.17) is 5.11 Å². The Morgan fingerprint density at radius 1 is 1.42 bits per heavy atom. The second kappa shape index (κ2) is 9.90. The third-order valence-electron chi connectivity index (χ3n) is 0.604. The van der Waals surface area contributed by atoms with E-state index in [1.165, 1.54) is 0 Å². The van der Waals surface area contributed by atoms with Gasteiger partial charge in [-0.05, 0) is 13.3 Å². The molecule has 0 rings (SSSR count). The van der Waals surface area contributed by atoms with Crippen LogP contribution >= 0.6 is 0 Å². The Morgan fingerprint density at radius 3 is 2.08 bits per heavy atom. The molecule has 0 radical (unpaired) electrons. The summed E-state index contributed by atoms with van der Waals surface area (Å²) in [5.41, 5.74) is 0. The minimum atomic E-state index is -1.79. The molecule has 0 aliphatic rings. The standard InChI is InChI=1S/C5H8O4.C2H6O/c1-2-3-9-5(8)4(6)7;1-2-3/h2-3H2,1H3,(H,6,7);3H,2H2,1H3/p-1. The lowest BCUT2D eigenvalue weighted by atomic mass is 10.5. The smallest absolute Gasteiger partial charge is 0.354 e. The van der Waals surface area contributed by atoms with Crippen molar-refractivity contribution in [1.29, 1.82) is 0 Å². The summed E-state index contributed by atoms with van der Waals surface area (Å²) in [6, 6.07) is 0. The molecule has 5 heteroatoms. The number of carboxylic acids is 1. The van der Waals surface area contributed by atoms with Crippen molar-refractivity contribution in [2.75, 3.05) is 13.2 Å². The van der Waals surface area contributed by atoms with Gasteiger partial charge in [0.1, 0.15) is 0 Å². The van der Waals surface area contributed by atoms with Gasteiger partial charge in [0.2, 0.25) is 0 Å². The summed E-state index contributed by atoms with van der Waals surface area (Å²) in [4.78, 5) is 19.6. The molecule has 0 unspecified atom stereocenters. The number of aliphatic hydroxyl groups is 1. The number of aliphatic carboxylic acids is 1. The van der Waals surface area contributed by atoms with Gasteiger partial charge in [-0.15, -0.1) is 0 Å². The molecule has 0 aliphatic carbocycles. The van der Waals surface area contributed by atoms with Crippen LogP contribution in [0.1, 0.15) is 20.3 Å². The van der Waals surface area contributed by atoms with E-state index in [1.54, 1.807) is 13.8 Å². The van der Waals surface area contributed by atoms with Crippen molar-refractivity contribution >= 4 is 11.9 Å². The van der Waals surface area contributed by atoms with Crippen LogP contribution in [0.15, 0.2) is 0 Å². The Morgan fingerprint density at radius 2 is 1.83 bits per heavy atom. The van der Waals surface area contributed by atoms with Crippen LogP contribution in [-0.4, -0.2) is 30.3 Å². The number of aliphatic hydroxyl groups excluding tert-OH is 1. The average Bonchev–Trinajstić information content (AvgIpc) is 2.01. The van der Waals surface area contributed by atoms with E-state index >= 15 is 0 Å². The summed E-state index contributed by atoms with van der Waals surface area (Å²) in [6.45, 7) is 3.83. The molecular formula is C7H13O5-. The number of carboxylic acid groups (broad SMARTS) is 1. The zero-order valence-corrected chi connectivity index (χ0v) is 7.20. The van der Waals surface area contributed by atoms with Crippen LogP contribution in [0.4, 0.5) is 0 Å². The summed E-state index contributed by atoms with van der Waals surface area (Å²) in [7, 11) is 0. The molecule has 0 amide bonds. The Balaban J connectivity index is 0. The van der Waals surface area contributed by atoms with E-state index in [9.17, 15) is 14.7 Å². The number of carbonyl (C=O) groups excluding carboxylic acids is 2. The van der Waals surface area contributed by atoms with Crippen molar-refractivity contribution in [1.82, 2.24) is 0 Å². The highest BCUT2D eigenvalue weighted by atomic mass is 16.6. The molecule has 5 nitrogen and oxygen atoms in total. The molecular weight excluding hydrogens is 164 g/mol. The number of esters is 1. The quantitative estimate of drug-likeness (QED) is 0.418. The predicted molar refractivity (Wildman–Crippen MR) is 39.0 cm³/mol. The summed E-state index contributed by atoms with van der Waals surface area (Å²) < 4.78 is 4.15. The Labute approximate surface area is 71.0 Å². The Hall–Kier alpha value is -1.10. The van der Waals surface area contributed by atoms with E-state index in [0.717, 1.165) is 0 Å². The van der Waals surface area contributed by atoms with Crippen LogP contribution in [0.5, 0.6) is 0 Å². The highest BCUT2D eigenvalue weighted by molar-refractivity contribution is 6.27. The van der Waals surface area contributed by atoms with Gasteiger partial charge in [-0.1, -0.05) is 6.92 Å². The van der Waals surface area contributed by atoms with Gasteiger partial charge in [0.25, 0.3) is 0 Å². The zero-order chi connectivity index (χ0) is 9.98. The molecule has 0 aromatic carbocycles. The van der Waals surface area contributed by atoms with E-state index in [2.05, 4.69) is 4.74 Å². The van der Waals surface area contributed by atoms with Crippen LogP contribution < -0.4 is 5.11 Å². The van der Waals surface area contributed by atoms with Gasteiger partial charge in [0.15, 0.2) is 5.97 Å². The van der Waals surface area contributed by atoms with E-state index in [1.807, 2.05) is 0 Å². The maximum atomic E-state index is 10.0. The number of hydrogen-bond donors (Lipinski definition) is 1. The first-order valence-corrected chi connectivity index (χ1v) is 3.59. The molecule has 72 valence electrons. The SMILES string of the molecule is CCCOC(=O)C(=O)[O-].CCO. The lowest BCUT2D eigenvalue weighted by Crippen LogP contribution is -2.33. The summed E-state index contributed by atoms with van der Waals surface area (Å²) in [5.74, 6) is -3.08. The normalized spacial score (nSPS) is 7.92. The van der Waals surface area contributed by atoms with Crippen molar-refractivity contribution < 1.29 is 24.5 Å². The molecule has 0 aliphatic heterocycles. The third-order valence-corrected chi connectivity index (χ3v) is 0.604. The van der Waals surface area contributed by atoms with Gasteiger partial charge < -0.3 is 19.7 Å². The van der Waals surface area contributed by atoms with Crippen LogP contribution in [0, 0.1) is 0 Å². The fourth-order valence-electron chi connectivity index (χ4n) is 0.254. The topological polar surface area (TPSA) is 86.7 Å². The average molecular weight is 177 g/mol. The highest BCUT2D eigenvalue weighted by Gasteiger charge is 1.99. The van der Waals surface area contributed by atoms with Crippen LogP contribution in [0.25, 0.3) is 0 Å². The Bertz CT molecular complexity index is 132. The maximum absolute atomic E-state index is 10.0. The van der Waals surface area contributed by atoms with Crippen LogP contribution in [-0.2, 0) is 14.3 Å². The minimum absolute atomic E-state index is 0.132. The second-order valence-electron chi connectivity index (χ2n) is 1.74. The van der Waals surface area contributed by atoms with Gasteiger partial charge in [0.05, 0.1) is 6.61 Å². The first-order valence-electron chi connectivity index (χ1n) is 3.59. The molecule has 0 fully saturated rings. The minimum Gasteiger partial charge on any atom is -0.539 e. The monoisotopic (exact) mass is 177 g/mol. The summed E-state index contributed by atoms with van der Waals surface area (Å²) >= 11 is 0. The maximum Gasteiger partial charge on any atom is 0.354 e. The summed E-state index contributed by atoms with van der Waals surface area (Å²) in [5, 5.41) is 17.2. The number of carbonyl (C=O) groups is 2. The second-order valence-corrected chi connectivity index (χ2v) is 1.74. The zero-order valence-electron chi connectivity index (χ0n) is 7.20. The van der Waals surface area contributed by atoms with Crippen LogP contribution in [0.3, 0.4) is 0 Å². The highest BCUT2D eigenvalue weighted by Crippen LogP contribution is 1.79. The molecule has 0 atom stereocenters. The van der Waals surface area contributed by atoms with Crippen molar-refractivity contribution in [3.8, 4) is 0 Å². The molecule has 12 heavy (non-hydrogen) atoms. The largest absolute Gasteiger partial charge is 0.539 e. The van der Waals surface area contributed by atoms with Gasteiger partial charge >= 0.3 is 5.97 Å². The van der Waals surface area contributed by atoms with E-state index < -0.39 is 11.9 Å². The molecule has 0 spiro atoms. The lowest BCUT2D eigenvalue weighted by molar-refractivity contribution is -0.303. The first-order chi connectivity index (χ1) is 5.59. The van der Waals surface area contributed by atoms with E-state index in [-0.39, 0.29) is 13.2 Å². The molecule has 1 N–H and O–H groups in total. The summed E-state index contributed by atoms with van der Waals surface area (Å²) in [6.07, 6.45) is 0.610. The molecule has 0 aromatic rings. The van der Waals surface area contributed by atoms with Gasteiger partial charge in [-0.25, -0.2) is 4.79 Å². The predicted octanol–water partition coefficient (Wildman–Crippen LogP) is -1.31. The van der Waals surface area contributed by atoms with Crippen molar-refractivity contribution in [3.05, 3.63) is 0 Å². The first kappa shape index (κ1) is 13.5. The van der Waals surface area contributed by atoms with Crippen molar-refractivity contribution in [3.63, 3.8) is 0 Å². The number of ether oxygens (including phenoxy) is 1. The molecule has 0 bridgehead atoms. The Kier molecular flexibility index (Phi) is 11.1. The van der Waals surface area contributed by atoms with Gasteiger partial charge in [-0.2, -0.15) is 0 Å². The van der Waals surface area contributed by atoms with Crippen molar-refractivity contribution in [2.24, 2.45) is 0 Å². The molecule has 0 saturated heterocycles. The number of hydrogen-bond acceptors (Lipinski definition) is 5. The fourth-order valence-corrected chi connectivity index (χ4v) is 0.254. The van der Waals surface area contributed by atoms with Gasteiger partial charge in [-0.3, -0.25) is 0 Å². The molecule has 0 heterocycles. The van der Waals surface area contributed by atoms with Gasteiger partial charge in [0, 0.05) is 6.61 Å². The fraction of sp³-hybridized carbons (Fsp3) is 0.714. The lowest BCUT2D eigenvalue weighted by Gasteiger charge is -2.00. The molecule has 0 aromatic heterocycles. The third kappa shape index (κ3) is 11.7. The van der Waals surface area contributed by atoms with Crippen LogP contribution in [0.2, 0.25) is 0 Å². The van der Waals surface area contributed by atoms with Crippen molar-refractivity contribution in [2.45, 2.75) is 20.3 Å².